The summed E-state index contributed by atoms with van der Waals surface area (Å²) in [5.74, 6) is -1.29. The van der Waals surface area contributed by atoms with E-state index < -0.39 is 11.5 Å². The second-order valence-electron chi connectivity index (χ2n) is 3.92. The highest BCUT2D eigenvalue weighted by molar-refractivity contribution is 5.80. The molecule has 4 heteroatoms. The number of carboxylic acid groups (broad SMARTS) is 1. The molecular formula is C12H16FNO2. The quantitative estimate of drug-likeness (QED) is 0.852. The fourth-order valence-corrected chi connectivity index (χ4v) is 1.97. The number of rotatable bonds is 4. The zero-order valence-corrected chi connectivity index (χ0v) is 9.70. The van der Waals surface area contributed by atoms with Crippen molar-refractivity contribution in [3.8, 4) is 0 Å². The van der Waals surface area contributed by atoms with Gasteiger partial charge in [-0.1, -0.05) is 19.1 Å². The van der Waals surface area contributed by atoms with Crippen molar-refractivity contribution >= 4 is 5.97 Å². The van der Waals surface area contributed by atoms with Crippen LogP contribution < -0.4 is 0 Å². The molecule has 0 bridgehead atoms. The summed E-state index contributed by atoms with van der Waals surface area (Å²) in [6.45, 7) is 1.80. The van der Waals surface area contributed by atoms with Crippen molar-refractivity contribution in [1.82, 2.24) is 4.90 Å². The lowest BCUT2D eigenvalue weighted by Crippen LogP contribution is -2.47. The summed E-state index contributed by atoms with van der Waals surface area (Å²) in [5, 5.41) is 9.38. The molecule has 1 aromatic rings. The molecule has 0 spiro atoms. The van der Waals surface area contributed by atoms with Gasteiger partial charge < -0.3 is 5.11 Å². The molecule has 0 amide bonds. The van der Waals surface area contributed by atoms with E-state index in [9.17, 15) is 14.3 Å². The van der Waals surface area contributed by atoms with Crippen LogP contribution in [-0.4, -0.2) is 30.1 Å². The summed E-state index contributed by atoms with van der Waals surface area (Å²) in [6, 6.07) is 5.61. The van der Waals surface area contributed by atoms with Gasteiger partial charge in [0.05, 0.1) is 0 Å². The molecule has 0 aliphatic rings. The summed E-state index contributed by atoms with van der Waals surface area (Å²) in [4.78, 5) is 13.1. The molecule has 16 heavy (non-hydrogen) atoms. The molecule has 3 nitrogen and oxygen atoms in total. The lowest BCUT2D eigenvalue weighted by molar-refractivity contribution is -0.151. The van der Waals surface area contributed by atoms with Gasteiger partial charge in [0.2, 0.25) is 0 Å². The van der Waals surface area contributed by atoms with E-state index in [2.05, 4.69) is 0 Å². The van der Waals surface area contributed by atoms with Crippen LogP contribution in [-0.2, 0) is 10.3 Å². The molecule has 0 fully saturated rings. The summed E-state index contributed by atoms with van der Waals surface area (Å²) in [6.07, 6.45) is 0.418. The number of likely N-dealkylation sites (N-methyl/N-ethyl adjacent to an activating group) is 1. The van der Waals surface area contributed by atoms with E-state index in [1.807, 2.05) is 0 Å². The van der Waals surface area contributed by atoms with Gasteiger partial charge in [-0.2, -0.15) is 0 Å². The van der Waals surface area contributed by atoms with Crippen molar-refractivity contribution < 1.29 is 14.3 Å². The van der Waals surface area contributed by atoms with E-state index in [1.54, 1.807) is 25.9 Å². The first kappa shape index (κ1) is 12.6. The van der Waals surface area contributed by atoms with E-state index in [1.165, 1.54) is 24.3 Å². The number of benzene rings is 1. The molecule has 0 radical (unpaired) electrons. The van der Waals surface area contributed by atoms with Crippen molar-refractivity contribution in [2.75, 3.05) is 14.1 Å². The van der Waals surface area contributed by atoms with Gasteiger partial charge in [0.1, 0.15) is 11.4 Å². The molecule has 1 aromatic carbocycles. The van der Waals surface area contributed by atoms with Crippen molar-refractivity contribution in [1.29, 1.82) is 0 Å². The van der Waals surface area contributed by atoms with Crippen molar-refractivity contribution in [2.24, 2.45) is 0 Å². The second-order valence-corrected chi connectivity index (χ2v) is 3.92. The van der Waals surface area contributed by atoms with Gasteiger partial charge in [0.15, 0.2) is 0 Å². The van der Waals surface area contributed by atoms with Crippen LogP contribution in [0, 0.1) is 5.82 Å². The van der Waals surface area contributed by atoms with Crippen LogP contribution in [0.15, 0.2) is 24.3 Å². The Labute approximate surface area is 94.5 Å². The summed E-state index contributed by atoms with van der Waals surface area (Å²) in [5.41, 5.74) is -0.498. The average molecular weight is 225 g/mol. The monoisotopic (exact) mass is 225 g/mol. The Balaban J connectivity index is 3.30. The Hall–Kier alpha value is -1.42. The molecule has 1 rings (SSSR count). The molecule has 0 saturated heterocycles. The van der Waals surface area contributed by atoms with Gasteiger partial charge in [-0.25, -0.2) is 9.18 Å². The predicted octanol–water partition coefficient (Wildman–Crippen LogP) is 2.08. The van der Waals surface area contributed by atoms with Gasteiger partial charge in [0, 0.05) is 0 Å². The summed E-state index contributed by atoms with van der Waals surface area (Å²) in [7, 11) is 3.42. The third-order valence-electron chi connectivity index (χ3n) is 2.95. The fourth-order valence-electron chi connectivity index (χ4n) is 1.97. The first-order valence-corrected chi connectivity index (χ1v) is 5.12. The molecule has 0 aromatic heterocycles. The van der Waals surface area contributed by atoms with Crippen LogP contribution in [0.2, 0.25) is 0 Å². The zero-order chi connectivity index (χ0) is 12.3. The van der Waals surface area contributed by atoms with E-state index in [-0.39, 0.29) is 5.82 Å². The topological polar surface area (TPSA) is 40.5 Å². The maximum absolute atomic E-state index is 12.8. The molecule has 1 unspecified atom stereocenters. The van der Waals surface area contributed by atoms with Crippen LogP contribution in [0.4, 0.5) is 4.39 Å². The normalized spacial score (nSPS) is 14.8. The third kappa shape index (κ3) is 1.93. The minimum Gasteiger partial charge on any atom is -0.480 e. The van der Waals surface area contributed by atoms with Crippen LogP contribution in [0.5, 0.6) is 0 Å². The zero-order valence-electron chi connectivity index (χ0n) is 9.70. The lowest BCUT2D eigenvalue weighted by atomic mass is 9.86. The number of aliphatic carboxylic acids is 1. The average Bonchev–Trinajstić information content (AvgIpc) is 2.21. The number of carbonyl (C=O) groups is 1. The Morgan fingerprint density at radius 2 is 1.88 bits per heavy atom. The van der Waals surface area contributed by atoms with Crippen LogP contribution >= 0.6 is 0 Å². The van der Waals surface area contributed by atoms with Gasteiger partial charge in [0.25, 0.3) is 0 Å². The van der Waals surface area contributed by atoms with Gasteiger partial charge >= 0.3 is 5.97 Å². The number of halogens is 1. The number of nitrogens with zero attached hydrogens (tertiary/aromatic N) is 1. The van der Waals surface area contributed by atoms with Gasteiger partial charge in [-0.05, 0) is 38.2 Å². The molecule has 88 valence electrons. The van der Waals surface area contributed by atoms with Crippen LogP contribution in [0.25, 0.3) is 0 Å². The molecular weight excluding hydrogens is 209 g/mol. The van der Waals surface area contributed by atoms with E-state index >= 15 is 0 Å². The maximum atomic E-state index is 12.8. The molecule has 1 atom stereocenters. The van der Waals surface area contributed by atoms with Crippen LogP contribution in [0.1, 0.15) is 18.9 Å². The second kappa shape index (κ2) is 4.61. The SMILES string of the molecule is CCC(C(=O)O)(c1ccc(F)cc1)N(C)C. The Bertz CT molecular complexity index is 375. The highest BCUT2D eigenvalue weighted by Gasteiger charge is 2.40. The Morgan fingerprint density at radius 1 is 1.38 bits per heavy atom. The fraction of sp³-hybridized carbons (Fsp3) is 0.417. The lowest BCUT2D eigenvalue weighted by Gasteiger charge is -2.35. The van der Waals surface area contributed by atoms with Gasteiger partial charge in [-0.15, -0.1) is 0 Å². The molecule has 0 saturated carbocycles. The Morgan fingerprint density at radius 3 is 2.19 bits per heavy atom. The van der Waals surface area contributed by atoms with Crippen LogP contribution in [0.3, 0.4) is 0 Å². The Kier molecular flexibility index (Phi) is 3.65. The predicted molar refractivity (Wildman–Crippen MR) is 59.7 cm³/mol. The highest BCUT2D eigenvalue weighted by atomic mass is 19.1. The molecule has 0 aliphatic carbocycles. The van der Waals surface area contributed by atoms with E-state index in [4.69, 9.17) is 0 Å². The number of hydrogen-bond donors (Lipinski definition) is 1. The number of carboxylic acids is 1. The third-order valence-corrected chi connectivity index (χ3v) is 2.95. The van der Waals surface area contributed by atoms with E-state index in [0.717, 1.165) is 0 Å². The van der Waals surface area contributed by atoms with Gasteiger partial charge in [-0.3, -0.25) is 4.90 Å². The molecule has 0 aliphatic heterocycles. The van der Waals surface area contributed by atoms with Crippen molar-refractivity contribution in [2.45, 2.75) is 18.9 Å². The standard InChI is InChI=1S/C12H16FNO2/c1-4-12(11(15)16,14(2)3)9-5-7-10(13)8-6-9/h5-8H,4H2,1-3H3,(H,15,16). The summed E-state index contributed by atoms with van der Waals surface area (Å²) >= 11 is 0. The van der Waals surface area contributed by atoms with E-state index in [0.29, 0.717) is 12.0 Å². The largest absolute Gasteiger partial charge is 0.480 e. The molecule has 0 heterocycles. The maximum Gasteiger partial charge on any atom is 0.328 e. The smallest absolute Gasteiger partial charge is 0.328 e. The minimum atomic E-state index is -1.09. The number of hydrogen-bond acceptors (Lipinski definition) is 2. The van der Waals surface area contributed by atoms with Crippen molar-refractivity contribution in [3.05, 3.63) is 35.6 Å². The first-order valence-electron chi connectivity index (χ1n) is 5.12. The highest BCUT2D eigenvalue weighted by Crippen LogP contribution is 2.30. The minimum absolute atomic E-state index is 0.363. The first-order chi connectivity index (χ1) is 7.45. The van der Waals surface area contributed by atoms with Crippen molar-refractivity contribution in [3.63, 3.8) is 0 Å². The summed E-state index contributed by atoms with van der Waals surface area (Å²) < 4.78 is 12.8. The molecule has 1 N–H and O–H groups in total.